The van der Waals surface area contributed by atoms with Crippen molar-refractivity contribution in [2.75, 3.05) is 18.5 Å². The van der Waals surface area contributed by atoms with Gasteiger partial charge in [-0.15, -0.1) is 0 Å². The number of aryl methyl sites for hydroxylation is 1. The molecule has 0 fully saturated rings. The molecule has 1 aromatic heterocycles. The Hall–Kier alpha value is -3.38. The van der Waals surface area contributed by atoms with Crippen LogP contribution in [0.2, 0.25) is 0 Å². The lowest BCUT2D eigenvalue weighted by Crippen LogP contribution is -2.16. The van der Waals surface area contributed by atoms with E-state index in [4.69, 9.17) is 14.2 Å². The van der Waals surface area contributed by atoms with Crippen molar-refractivity contribution in [1.82, 2.24) is 4.98 Å². The minimum atomic E-state index is -0.195. The van der Waals surface area contributed by atoms with E-state index < -0.39 is 0 Å². The molecule has 168 valence electrons. The fourth-order valence-corrected chi connectivity index (χ4v) is 3.32. The summed E-state index contributed by atoms with van der Waals surface area (Å²) in [5.74, 6) is 2.00. The summed E-state index contributed by atoms with van der Waals surface area (Å²) < 4.78 is 16.9. The fraction of sp³-hybridized carbons (Fsp3) is 0.308. The Morgan fingerprint density at radius 2 is 1.53 bits per heavy atom. The molecule has 0 aliphatic carbocycles. The van der Waals surface area contributed by atoms with Crippen LogP contribution in [0.4, 0.5) is 5.69 Å². The van der Waals surface area contributed by atoms with Crippen LogP contribution >= 0.6 is 0 Å². The van der Waals surface area contributed by atoms with E-state index in [1.807, 2.05) is 88.4 Å². The summed E-state index contributed by atoms with van der Waals surface area (Å²) in [4.78, 5) is 17.3. The highest BCUT2D eigenvalue weighted by Crippen LogP contribution is 2.25. The molecule has 3 rings (SSSR count). The summed E-state index contributed by atoms with van der Waals surface area (Å²) >= 11 is 0. The van der Waals surface area contributed by atoms with E-state index in [0.29, 0.717) is 48.1 Å². The van der Waals surface area contributed by atoms with Crippen molar-refractivity contribution in [3.05, 3.63) is 77.6 Å². The van der Waals surface area contributed by atoms with Gasteiger partial charge in [0.25, 0.3) is 5.91 Å². The first-order chi connectivity index (χ1) is 15.5. The standard InChI is InChI=1S/C26H30N2O4/c1-5-30-18(3)17-21-9-16-25(19(4)27-21)26(29)28-20-7-10-23(11-8-20)32-24-14-12-22(13-15-24)31-6-2/h7-16,18H,5-6,17H2,1-4H3,(H,28,29). The first-order valence-electron chi connectivity index (χ1n) is 10.9. The van der Waals surface area contributed by atoms with Gasteiger partial charge in [0, 0.05) is 24.4 Å². The lowest BCUT2D eigenvalue weighted by atomic mass is 10.1. The smallest absolute Gasteiger partial charge is 0.257 e. The maximum absolute atomic E-state index is 12.7. The van der Waals surface area contributed by atoms with Gasteiger partial charge in [-0.25, -0.2) is 0 Å². The van der Waals surface area contributed by atoms with E-state index in [-0.39, 0.29) is 12.0 Å². The average Bonchev–Trinajstić information content (AvgIpc) is 2.77. The van der Waals surface area contributed by atoms with Gasteiger partial charge in [-0.05, 0) is 88.4 Å². The van der Waals surface area contributed by atoms with Gasteiger partial charge >= 0.3 is 0 Å². The van der Waals surface area contributed by atoms with Crippen molar-refractivity contribution >= 4 is 11.6 Å². The monoisotopic (exact) mass is 434 g/mol. The van der Waals surface area contributed by atoms with Gasteiger partial charge in [0.05, 0.1) is 24.0 Å². The summed E-state index contributed by atoms with van der Waals surface area (Å²) in [5.41, 5.74) is 2.84. The number of hydrogen-bond acceptors (Lipinski definition) is 5. The van der Waals surface area contributed by atoms with Crippen LogP contribution in [0.15, 0.2) is 60.7 Å². The van der Waals surface area contributed by atoms with Crippen LogP contribution in [0.5, 0.6) is 17.2 Å². The van der Waals surface area contributed by atoms with Crippen molar-refractivity contribution in [3.8, 4) is 17.2 Å². The predicted molar refractivity (Wildman–Crippen MR) is 126 cm³/mol. The Balaban J connectivity index is 1.59. The number of hydrogen-bond donors (Lipinski definition) is 1. The van der Waals surface area contributed by atoms with Gasteiger partial charge in [-0.1, -0.05) is 0 Å². The number of rotatable bonds is 10. The SMILES string of the molecule is CCOc1ccc(Oc2ccc(NC(=O)c3ccc(CC(C)OCC)nc3C)cc2)cc1. The number of nitrogens with one attached hydrogen (secondary N) is 1. The molecular formula is C26H30N2O4. The molecule has 1 amide bonds. The molecule has 1 N–H and O–H groups in total. The van der Waals surface area contributed by atoms with Crippen molar-refractivity contribution in [2.24, 2.45) is 0 Å². The molecule has 1 unspecified atom stereocenters. The Kier molecular flexibility index (Phi) is 8.22. The maximum Gasteiger partial charge on any atom is 0.257 e. The lowest BCUT2D eigenvalue weighted by Gasteiger charge is -2.13. The number of nitrogens with zero attached hydrogens (tertiary/aromatic N) is 1. The Morgan fingerprint density at radius 3 is 2.12 bits per heavy atom. The minimum Gasteiger partial charge on any atom is -0.494 e. The second-order valence-corrected chi connectivity index (χ2v) is 7.39. The Bertz CT molecular complexity index is 1020. The zero-order valence-electron chi connectivity index (χ0n) is 19.1. The molecule has 0 spiro atoms. The molecule has 32 heavy (non-hydrogen) atoms. The van der Waals surface area contributed by atoms with Crippen molar-refractivity contribution in [2.45, 2.75) is 40.2 Å². The second kappa shape index (κ2) is 11.3. The average molecular weight is 435 g/mol. The van der Waals surface area contributed by atoms with E-state index in [1.165, 1.54) is 0 Å². The van der Waals surface area contributed by atoms with E-state index in [2.05, 4.69) is 10.3 Å². The highest BCUT2D eigenvalue weighted by atomic mass is 16.5. The summed E-state index contributed by atoms with van der Waals surface area (Å²) in [5, 5.41) is 2.92. The largest absolute Gasteiger partial charge is 0.494 e. The van der Waals surface area contributed by atoms with Crippen LogP contribution < -0.4 is 14.8 Å². The van der Waals surface area contributed by atoms with Gasteiger partial charge in [-0.2, -0.15) is 0 Å². The molecule has 0 aliphatic rings. The zero-order chi connectivity index (χ0) is 22.9. The van der Waals surface area contributed by atoms with Crippen LogP contribution in [-0.4, -0.2) is 30.2 Å². The van der Waals surface area contributed by atoms with Crippen molar-refractivity contribution in [3.63, 3.8) is 0 Å². The number of carbonyl (C=O) groups is 1. The molecule has 1 heterocycles. The van der Waals surface area contributed by atoms with Crippen LogP contribution in [0.1, 0.15) is 42.5 Å². The molecule has 6 heteroatoms. The summed E-state index contributed by atoms with van der Waals surface area (Å²) in [6, 6.07) is 18.4. The van der Waals surface area contributed by atoms with Crippen LogP contribution in [0, 0.1) is 6.92 Å². The van der Waals surface area contributed by atoms with Gasteiger partial charge in [-0.3, -0.25) is 9.78 Å². The number of amides is 1. The summed E-state index contributed by atoms with van der Waals surface area (Å²) in [6.07, 6.45) is 0.807. The van der Waals surface area contributed by atoms with Gasteiger partial charge in [0.2, 0.25) is 0 Å². The van der Waals surface area contributed by atoms with Crippen molar-refractivity contribution < 1.29 is 19.0 Å². The van der Waals surface area contributed by atoms with E-state index in [1.54, 1.807) is 0 Å². The topological polar surface area (TPSA) is 69.7 Å². The highest BCUT2D eigenvalue weighted by molar-refractivity contribution is 6.05. The molecule has 0 aliphatic heterocycles. The minimum absolute atomic E-state index is 0.0925. The Morgan fingerprint density at radius 1 is 0.906 bits per heavy atom. The summed E-state index contributed by atoms with van der Waals surface area (Å²) in [7, 11) is 0. The van der Waals surface area contributed by atoms with Crippen LogP contribution in [-0.2, 0) is 11.2 Å². The fourth-order valence-electron chi connectivity index (χ4n) is 3.32. The number of aromatic nitrogens is 1. The normalized spacial score (nSPS) is 11.6. The number of carbonyl (C=O) groups excluding carboxylic acids is 1. The zero-order valence-corrected chi connectivity index (χ0v) is 19.1. The molecule has 0 radical (unpaired) electrons. The van der Waals surface area contributed by atoms with E-state index in [0.717, 1.165) is 11.4 Å². The van der Waals surface area contributed by atoms with Gasteiger partial charge in [0.15, 0.2) is 0 Å². The third-order valence-corrected chi connectivity index (χ3v) is 4.82. The van der Waals surface area contributed by atoms with Gasteiger partial charge < -0.3 is 19.5 Å². The predicted octanol–water partition coefficient (Wildman–Crippen LogP) is 5.80. The lowest BCUT2D eigenvalue weighted by molar-refractivity contribution is 0.0761. The second-order valence-electron chi connectivity index (χ2n) is 7.39. The first-order valence-corrected chi connectivity index (χ1v) is 10.9. The number of ether oxygens (including phenoxy) is 3. The quantitative estimate of drug-likeness (QED) is 0.437. The highest BCUT2D eigenvalue weighted by Gasteiger charge is 2.13. The molecule has 1 atom stereocenters. The van der Waals surface area contributed by atoms with Crippen LogP contribution in [0.25, 0.3) is 0 Å². The summed E-state index contributed by atoms with van der Waals surface area (Å²) in [6.45, 7) is 9.08. The third kappa shape index (κ3) is 6.56. The molecule has 3 aromatic rings. The molecule has 0 saturated carbocycles. The Labute approximate surface area is 189 Å². The molecule has 0 bridgehead atoms. The van der Waals surface area contributed by atoms with Crippen molar-refractivity contribution in [1.29, 1.82) is 0 Å². The number of benzene rings is 2. The molecule has 2 aromatic carbocycles. The number of anilines is 1. The molecule has 0 saturated heterocycles. The molecular weight excluding hydrogens is 404 g/mol. The first kappa shape index (κ1) is 23.3. The molecule has 6 nitrogen and oxygen atoms in total. The maximum atomic E-state index is 12.7. The van der Waals surface area contributed by atoms with E-state index in [9.17, 15) is 4.79 Å². The van der Waals surface area contributed by atoms with Gasteiger partial charge in [0.1, 0.15) is 17.2 Å². The number of pyridine rings is 1. The van der Waals surface area contributed by atoms with E-state index >= 15 is 0 Å². The third-order valence-electron chi connectivity index (χ3n) is 4.82. The van der Waals surface area contributed by atoms with Crippen LogP contribution in [0.3, 0.4) is 0 Å².